The van der Waals surface area contributed by atoms with Gasteiger partial charge in [-0.05, 0) is 55.8 Å². The van der Waals surface area contributed by atoms with Gasteiger partial charge in [-0.15, -0.1) is 0 Å². The Morgan fingerprint density at radius 2 is 1.91 bits per heavy atom. The summed E-state index contributed by atoms with van der Waals surface area (Å²) in [5, 5.41) is 8.14. The van der Waals surface area contributed by atoms with Crippen molar-refractivity contribution in [2.45, 2.75) is 18.9 Å². The van der Waals surface area contributed by atoms with E-state index < -0.39 is 5.97 Å². The summed E-state index contributed by atoms with van der Waals surface area (Å²) in [6, 6.07) is 16.3. The number of carbonyl (C=O) groups is 2. The van der Waals surface area contributed by atoms with Gasteiger partial charge in [0, 0.05) is 16.9 Å². The maximum atomic E-state index is 12.6. The van der Waals surface area contributed by atoms with Crippen molar-refractivity contribution in [3.8, 4) is 16.9 Å². The van der Waals surface area contributed by atoms with Crippen LogP contribution in [-0.4, -0.2) is 45.9 Å². The first kappa shape index (κ1) is 23.3. The number of esters is 1. The first-order chi connectivity index (χ1) is 16.5. The molecule has 8 nitrogen and oxygen atoms in total. The van der Waals surface area contributed by atoms with E-state index in [1.807, 2.05) is 37.3 Å². The van der Waals surface area contributed by atoms with Gasteiger partial charge in [0.05, 0.1) is 31.2 Å². The number of nitrogens with zero attached hydrogens (tertiary/aromatic N) is 3. The summed E-state index contributed by atoms with van der Waals surface area (Å²) in [6.07, 6.45) is 1.77. The lowest BCUT2D eigenvalue weighted by Crippen LogP contribution is -2.15. The van der Waals surface area contributed by atoms with Crippen molar-refractivity contribution in [1.82, 2.24) is 14.6 Å². The molecule has 0 aliphatic rings. The molecule has 0 radical (unpaired) electrons. The van der Waals surface area contributed by atoms with Crippen molar-refractivity contribution < 1.29 is 19.1 Å². The molecule has 174 valence electrons. The number of hydrogen-bond donors (Lipinski definition) is 1. The fourth-order valence-electron chi connectivity index (χ4n) is 3.40. The Kier molecular flexibility index (Phi) is 7.12. The molecule has 4 aromatic rings. The quantitative estimate of drug-likeness (QED) is 0.225. The Hall–Kier alpha value is -3.85. The van der Waals surface area contributed by atoms with Gasteiger partial charge in [-0.3, -0.25) is 4.79 Å². The van der Waals surface area contributed by atoms with Crippen molar-refractivity contribution in [1.29, 1.82) is 0 Å². The van der Waals surface area contributed by atoms with Gasteiger partial charge in [-0.2, -0.15) is 5.10 Å². The average Bonchev–Trinajstić information content (AvgIpc) is 3.26. The normalized spacial score (nSPS) is 10.8. The first-order valence-corrected chi connectivity index (χ1v) is 11.7. The summed E-state index contributed by atoms with van der Waals surface area (Å²) in [5.74, 6) is 0.324. The van der Waals surface area contributed by atoms with Crippen LogP contribution >= 0.6 is 11.8 Å². The van der Waals surface area contributed by atoms with Crippen molar-refractivity contribution in [2.75, 3.05) is 24.8 Å². The van der Waals surface area contributed by atoms with E-state index in [2.05, 4.69) is 15.4 Å². The molecule has 0 fully saturated rings. The SMILES string of the molecule is CCOC(=O)c1cccc(NC(=O)CSc2cc(C)nc3c(-c4ccc(OC)cc4)cnn23)c1. The summed E-state index contributed by atoms with van der Waals surface area (Å²) >= 11 is 1.36. The largest absolute Gasteiger partial charge is 0.497 e. The number of nitrogens with one attached hydrogen (secondary N) is 1. The second-order valence-corrected chi connectivity index (χ2v) is 8.39. The summed E-state index contributed by atoms with van der Waals surface area (Å²) in [4.78, 5) is 29.2. The van der Waals surface area contributed by atoms with E-state index in [-0.39, 0.29) is 11.7 Å². The van der Waals surface area contributed by atoms with E-state index in [4.69, 9.17) is 9.47 Å². The third-order valence-electron chi connectivity index (χ3n) is 4.98. The number of methoxy groups -OCH3 is 1. The number of fused-ring (bicyclic) bond motifs is 1. The van der Waals surface area contributed by atoms with E-state index in [1.54, 1.807) is 49.0 Å². The van der Waals surface area contributed by atoms with Crippen LogP contribution in [0.3, 0.4) is 0 Å². The number of carbonyl (C=O) groups excluding carboxylic acids is 2. The monoisotopic (exact) mass is 476 g/mol. The molecule has 0 unspecified atom stereocenters. The number of thioether (sulfide) groups is 1. The Labute approximate surface area is 201 Å². The van der Waals surface area contributed by atoms with Crippen LogP contribution in [0.1, 0.15) is 23.0 Å². The minimum Gasteiger partial charge on any atom is -0.497 e. The second-order valence-electron chi connectivity index (χ2n) is 7.40. The maximum absolute atomic E-state index is 12.6. The van der Waals surface area contributed by atoms with Crippen molar-refractivity contribution >= 4 is 35.0 Å². The number of benzene rings is 2. The van der Waals surface area contributed by atoms with Crippen LogP contribution in [0, 0.1) is 6.92 Å². The molecule has 0 saturated carbocycles. The molecule has 2 heterocycles. The van der Waals surface area contributed by atoms with Crippen LogP contribution in [0.5, 0.6) is 5.75 Å². The zero-order valence-corrected chi connectivity index (χ0v) is 19.9. The minimum atomic E-state index is -0.422. The Balaban J connectivity index is 1.49. The molecule has 2 aromatic carbocycles. The molecule has 1 N–H and O–H groups in total. The third-order valence-corrected chi connectivity index (χ3v) is 5.97. The van der Waals surface area contributed by atoms with Crippen LogP contribution in [0.2, 0.25) is 0 Å². The molecular formula is C25H24N4O4S. The smallest absolute Gasteiger partial charge is 0.338 e. The van der Waals surface area contributed by atoms with E-state index in [0.29, 0.717) is 17.9 Å². The van der Waals surface area contributed by atoms with Gasteiger partial charge >= 0.3 is 5.97 Å². The van der Waals surface area contributed by atoms with E-state index >= 15 is 0 Å². The van der Waals surface area contributed by atoms with E-state index in [1.165, 1.54) is 11.8 Å². The Bertz CT molecular complexity index is 1330. The van der Waals surface area contributed by atoms with Gasteiger partial charge in [0.2, 0.25) is 5.91 Å². The Morgan fingerprint density at radius 3 is 2.65 bits per heavy atom. The molecule has 4 rings (SSSR count). The maximum Gasteiger partial charge on any atom is 0.338 e. The van der Waals surface area contributed by atoms with Gasteiger partial charge in [0.25, 0.3) is 0 Å². The highest BCUT2D eigenvalue weighted by molar-refractivity contribution is 7.99. The van der Waals surface area contributed by atoms with Crippen LogP contribution in [0.25, 0.3) is 16.8 Å². The number of ether oxygens (including phenoxy) is 2. The molecule has 9 heteroatoms. The molecule has 0 spiro atoms. The highest BCUT2D eigenvalue weighted by Crippen LogP contribution is 2.29. The lowest BCUT2D eigenvalue weighted by Gasteiger charge is -2.09. The van der Waals surface area contributed by atoms with Crippen molar-refractivity contribution in [3.63, 3.8) is 0 Å². The standard InChI is InChI=1S/C25H24N4O4S/c1-4-33-25(31)18-6-5-7-19(13-18)28-22(30)15-34-23-12-16(2)27-24-21(14-26-29(23)24)17-8-10-20(32-3)11-9-17/h5-14H,4,15H2,1-3H3,(H,28,30). The highest BCUT2D eigenvalue weighted by Gasteiger charge is 2.14. The van der Waals surface area contributed by atoms with E-state index in [9.17, 15) is 9.59 Å². The molecule has 0 aliphatic heterocycles. The summed E-state index contributed by atoms with van der Waals surface area (Å²) in [5.41, 5.74) is 4.34. The van der Waals surface area contributed by atoms with Crippen molar-refractivity contribution in [3.05, 3.63) is 72.1 Å². The number of hydrogen-bond acceptors (Lipinski definition) is 7. The first-order valence-electron chi connectivity index (χ1n) is 10.7. The zero-order chi connectivity index (χ0) is 24.1. The lowest BCUT2D eigenvalue weighted by molar-refractivity contribution is -0.113. The highest BCUT2D eigenvalue weighted by atomic mass is 32.2. The second kappa shape index (κ2) is 10.4. The minimum absolute atomic E-state index is 0.167. The molecule has 0 saturated heterocycles. The fraction of sp³-hybridized carbons (Fsp3) is 0.200. The molecule has 34 heavy (non-hydrogen) atoms. The molecule has 0 aliphatic carbocycles. The molecular weight excluding hydrogens is 452 g/mol. The molecule has 0 bridgehead atoms. The van der Waals surface area contributed by atoms with Crippen LogP contribution in [-0.2, 0) is 9.53 Å². The van der Waals surface area contributed by atoms with E-state index in [0.717, 1.165) is 33.2 Å². The van der Waals surface area contributed by atoms with Gasteiger partial charge in [0.1, 0.15) is 10.8 Å². The number of aromatic nitrogens is 3. The number of amides is 1. The van der Waals surface area contributed by atoms with Gasteiger partial charge < -0.3 is 14.8 Å². The predicted molar refractivity (Wildman–Crippen MR) is 131 cm³/mol. The third kappa shape index (κ3) is 5.20. The summed E-state index contributed by atoms with van der Waals surface area (Å²) < 4.78 is 12.0. The fourth-order valence-corrected chi connectivity index (χ4v) is 4.26. The van der Waals surface area contributed by atoms with Gasteiger partial charge in [-0.1, -0.05) is 30.0 Å². The zero-order valence-electron chi connectivity index (χ0n) is 19.1. The molecule has 1 amide bonds. The van der Waals surface area contributed by atoms with Crippen LogP contribution < -0.4 is 10.1 Å². The summed E-state index contributed by atoms with van der Waals surface area (Å²) in [7, 11) is 1.63. The molecule has 0 atom stereocenters. The topological polar surface area (TPSA) is 94.8 Å². The summed E-state index contributed by atoms with van der Waals surface area (Å²) in [6.45, 7) is 3.95. The van der Waals surface area contributed by atoms with Crippen molar-refractivity contribution in [2.24, 2.45) is 0 Å². The number of rotatable bonds is 8. The van der Waals surface area contributed by atoms with Gasteiger partial charge in [-0.25, -0.2) is 14.3 Å². The molecule has 2 aromatic heterocycles. The Morgan fingerprint density at radius 1 is 1.12 bits per heavy atom. The average molecular weight is 477 g/mol. The number of anilines is 1. The van der Waals surface area contributed by atoms with Crippen LogP contribution in [0.4, 0.5) is 5.69 Å². The van der Waals surface area contributed by atoms with Gasteiger partial charge in [0.15, 0.2) is 5.65 Å². The predicted octanol–water partition coefficient (Wildman–Crippen LogP) is 4.62. The van der Waals surface area contributed by atoms with Crippen LogP contribution in [0.15, 0.2) is 65.8 Å². The number of aryl methyl sites for hydroxylation is 1. The lowest BCUT2D eigenvalue weighted by atomic mass is 10.1.